The van der Waals surface area contributed by atoms with Gasteiger partial charge in [0.2, 0.25) is 0 Å². The number of nitrogens with one attached hydrogen (secondary N) is 1. The Bertz CT molecular complexity index is 1160. The van der Waals surface area contributed by atoms with Gasteiger partial charge in [0.25, 0.3) is 5.56 Å². The lowest BCUT2D eigenvalue weighted by Crippen LogP contribution is -2.16. The third-order valence-electron chi connectivity index (χ3n) is 3.76. The fourth-order valence-electron chi connectivity index (χ4n) is 2.70. The maximum atomic E-state index is 12.4. The Morgan fingerprint density at radius 3 is 2.48 bits per heavy atom. The van der Waals surface area contributed by atoms with E-state index in [4.69, 9.17) is 16.0 Å². The fourth-order valence-corrected chi connectivity index (χ4v) is 2.87. The largest absolute Gasteiger partial charge is 0.422 e. The number of hydrogen-bond donors (Lipinski definition) is 1. The average Bonchev–Trinajstić information content (AvgIpc) is 2.56. The van der Waals surface area contributed by atoms with Crippen molar-refractivity contribution < 1.29 is 4.42 Å². The molecule has 4 aromatic rings. The summed E-state index contributed by atoms with van der Waals surface area (Å²) in [6, 6.07) is 16.2. The molecule has 0 spiro atoms. The van der Waals surface area contributed by atoms with Crippen LogP contribution in [-0.4, -0.2) is 4.98 Å². The predicted octanol–water partition coefficient (Wildman–Crippen LogP) is 3.95. The Hall–Kier alpha value is -2.85. The molecule has 0 saturated heterocycles. The third kappa shape index (κ3) is 2.24. The molecule has 1 N–H and O–H groups in total. The summed E-state index contributed by atoms with van der Waals surface area (Å²) in [5.41, 5.74) is 0.758. The van der Waals surface area contributed by atoms with Crippen LogP contribution >= 0.6 is 11.6 Å². The van der Waals surface area contributed by atoms with Crippen molar-refractivity contribution in [2.75, 3.05) is 0 Å². The topological polar surface area (TPSA) is 63.1 Å². The van der Waals surface area contributed by atoms with Crippen LogP contribution in [0, 0.1) is 0 Å². The SMILES string of the molecule is O=c1[nH]c(-c2ccccc2)cc2c1c(=O)oc1ccc(Cl)cc12. The van der Waals surface area contributed by atoms with E-state index < -0.39 is 11.2 Å². The number of H-pyrrole nitrogens is 1. The second-order valence-corrected chi connectivity index (χ2v) is 5.63. The molecule has 0 bridgehead atoms. The van der Waals surface area contributed by atoms with Crippen molar-refractivity contribution in [3.8, 4) is 11.3 Å². The first-order valence-electron chi connectivity index (χ1n) is 6.98. The van der Waals surface area contributed by atoms with Crippen LogP contribution < -0.4 is 11.2 Å². The van der Waals surface area contributed by atoms with Gasteiger partial charge < -0.3 is 9.40 Å². The summed E-state index contributed by atoms with van der Waals surface area (Å²) in [4.78, 5) is 27.2. The summed E-state index contributed by atoms with van der Waals surface area (Å²) in [5.74, 6) is 0. The summed E-state index contributed by atoms with van der Waals surface area (Å²) >= 11 is 6.05. The molecule has 0 fully saturated rings. The van der Waals surface area contributed by atoms with E-state index in [9.17, 15) is 9.59 Å². The summed E-state index contributed by atoms with van der Waals surface area (Å²) in [7, 11) is 0. The van der Waals surface area contributed by atoms with Crippen LogP contribution in [0.15, 0.2) is 68.6 Å². The summed E-state index contributed by atoms with van der Waals surface area (Å²) < 4.78 is 5.22. The second kappa shape index (κ2) is 5.11. The fraction of sp³-hybridized carbons (Fsp3) is 0. The molecule has 0 aliphatic carbocycles. The molecule has 2 aromatic carbocycles. The Morgan fingerprint density at radius 1 is 0.913 bits per heavy atom. The highest BCUT2D eigenvalue weighted by molar-refractivity contribution is 6.31. The second-order valence-electron chi connectivity index (χ2n) is 5.20. The molecular weight excluding hydrogens is 314 g/mol. The summed E-state index contributed by atoms with van der Waals surface area (Å²) in [6.07, 6.45) is 0. The van der Waals surface area contributed by atoms with Gasteiger partial charge in [-0.3, -0.25) is 4.79 Å². The van der Waals surface area contributed by atoms with Crippen LogP contribution in [0.1, 0.15) is 0 Å². The van der Waals surface area contributed by atoms with Crippen LogP contribution in [0.5, 0.6) is 0 Å². The van der Waals surface area contributed by atoms with Crippen molar-refractivity contribution in [3.63, 3.8) is 0 Å². The first-order valence-corrected chi connectivity index (χ1v) is 7.36. The normalized spacial score (nSPS) is 11.2. The zero-order valence-electron chi connectivity index (χ0n) is 11.8. The molecule has 2 heterocycles. The lowest BCUT2D eigenvalue weighted by Gasteiger charge is -2.06. The highest BCUT2D eigenvalue weighted by Crippen LogP contribution is 2.27. The molecule has 2 aromatic heterocycles. The Labute approximate surface area is 135 Å². The van der Waals surface area contributed by atoms with Gasteiger partial charge in [-0.2, -0.15) is 0 Å². The van der Waals surface area contributed by atoms with Crippen molar-refractivity contribution in [1.29, 1.82) is 0 Å². The molecule has 0 aliphatic rings. The lowest BCUT2D eigenvalue weighted by atomic mass is 10.1. The molecule has 0 unspecified atom stereocenters. The number of pyridine rings is 1. The standard InChI is InChI=1S/C18H10ClNO3/c19-11-6-7-15-12(8-11)13-9-14(10-4-2-1-3-5-10)20-17(21)16(13)18(22)23-15/h1-9H,(H,20,21). The van der Waals surface area contributed by atoms with E-state index in [-0.39, 0.29) is 5.39 Å². The Balaban J connectivity index is 2.20. The number of halogens is 1. The van der Waals surface area contributed by atoms with E-state index >= 15 is 0 Å². The van der Waals surface area contributed by atoms with Gasteiger partial charge in [0.05, 0.1) is 0 Å². The van der Waals surface area contributed by atoms with E-state index in [1.807, 2.05) is 30.3 Å². The number of rotatable bonds is 1. The van der Waals surface area contributed by atoms with Crippen LogP contribution in [0.3, 0.4) is 0 Å². The van der Waals surface area contributed by atoms with Gasteiger partial charge in [-0.15, -0.1) is 0 Å². The predicted molar refractivity (Wildman–Crippen MR) is 91.1 cm³/mol. The minimum Gasteiger partial charge on any atom is -0.422 e. The van der Waals surface area contributed by atoms with Gasteiger partial charge >= 0.3 is 5.63 Å². The van der Waals surface area contributed by atoms with Crippen molar-refractivity contribution in [1.82, 2.24) is 4.98 Å². The minimum absolute atomic E-state index is 0.000511. The lowest BCUT2D eigenvalue weighted by molar-refractivity contribution is 0.569. The van der Waals surface area contributed by atoms with Gasteiger partial charge in [0, 0.05) is 21.5 Å². The number of hydrogen-bond acceptors (Lipinski definition) is 3. The van der Waals surface area contributed by atoms with Crippen molar-refractivity contribution >= 4 is 33.3 Å². The van der Waals surface area contributed by atoms with Gasteiger partial charge in [0.15, 0.2) is 0 Å². The monoisotopic (exact) mass is 323 g/mol. The molecule has 112 valence electrons. The van der Waals surface area contributed by atoms with Crippen molar-refractivity contribution in [2.45, 2.75) is 0 Å². The Morgan fingerprint density at radius 2 is 1.70 bits per heavy atom. The number of aromatic amines is 1. The van der Waals surface area contributed by atoms with E-state index in [0.717, 1.165) is 5.56 Å². The number of benzene rings is 2. The summed E-state index contributed by atoms with van der Waals surface area (Å²) in [5, 5.41) is 1.67. The van der Waals surface area contributed by atoms with Gasteiger partial charge in [-0.05, 0) is 29.8 Å². The molecule has 0 aliphatic heterocycles. The first kappa shape index (κ1) is 13.8. The van der Waals surface area contributed by atoms with Gasteiger partial charge in [-0.25, -0.2) is 4.79 Å². The highest BCUT2D eigenvalue weighted by atomic mass is 35.5. The van der Waals surface area contributed by atoms with E-state index in [1.165, 1.54) is 0 Å². The molecule has 4 rings (SSSR count). The molecule has 0 amide bonds. The number of aromatic nitrogens is 1. The number of fused-ring (bicyclic) bond motifs is 3. The van der Waals surface area contributed by atoms with Crippen LogP contribution in [0.25, 0.3) is 33.0 Å². The maximum Gasteiger partial charge on any atom is 0.349 e. The van der Waals surface area contributed by atoms with Gasteiger partial charge in [0.1, 0.15) is 11.0 Å². The van der Waals surface area contributed by atoms with E-state index in [0.29, 0.717) is 27.1 Å². The third-order valence-corrected chi connectivity index (χ3v) is 3.99. The van der Waals surface area contributed by atoms with Crippen LogP contribution in [0.2, 0.25) is 5.02 Å². The first-order chi connectivity index (χ1) is 11.1. The molecule has 5 heteroatoms. The van der Waals surface area contributed by atoms with Crippen molar-refractivity contribution in [3.05, 3.63) is 80.4 Å². The quantitative estimate of drug-likeness (QED) is 0.426. The molecule has 0 atom stereocenters. The molecule has 0 radical (unpaired) electrons. The average molecular weight is 324 g/mol. The smallest absolute Gasteiger partial charge is 0.349 e. The van der Waals surface area contributed by atoms with Crippen molar-refractivity contribution in [2.24, 2.45) is 0 Å². The Kier molecular flexibility index (Phi) is 3.06. The molecular formula is C18H10ClNO3. The van der Waals surface area contributed by atoms with Crippen LogP contribution in [-0.2, 0) is 0 Å². The molecule has 23 heavy (non-hydrogen) atoms. The van der Waals surface area contributed by atoms with Crippen LogP contribution in [0.4, 0.5) is 0 Å². The maximum absolute atomic E-state index is 12.4. The minimum atomic E-state index is -0.657. The van der Waals surface area contributed by atoms with Gasteiger partial charge in [-0.1, -0.05) is 41.9 Å². The zero-order valence-corrected chi connectivity index (χ0v) is 12.6. The van der Waals surface area contributed by atoms with E-state index in [2.05, 4.69) is 4.98 Å². The summed E-state index contributed by atoms with van der Waals surface area (Å²) in [6.45, 7) is 0. The highest BCUT2D eigenvalue weighted by Gasteiger charge is 2.13. The molecule has 4 nitrogen and oxygen atoms in total. The van der Waals surface area contributed by atoms with E-state index in [1.54, 1.807) is 24.3 Å². The zero-order chi connectivity index (χ0) is 16.0. The molecule has 0 saturated carbocycles.